The highest BCUT2D eigenvalue weighted by molar-refractivity contribution is 6.32. The molecule has 0 radical (unpaired) electrons. The largest absolute Gasteiger partial charge is 0.294 e. The quantitative estimate of drug-likeness (QED) is 0.0872. The molecule has 94 heavy (non-hydrogen) atoms. The molecule has 0 aliphatic carbocycles. The number of imide groups is 3. The lowest BCUT2D eigenvalue weighted by atomic mass is 9.87. The van der Waals surface area contributed by atoms with Crippen LogP contribution in [-0.2, 0) is 13.6 Å². The first-order valence-electron chi connectivity index (χ1n) is 29.4. The van der Waals surface area contributed by atoms with Crippen molar-refractivity contribution in [3.05, 3.63) is 193 Å². The number of benzene rings is 7. The average Bonchev–Trinajstić information content (AvgIpc) is 1.18. The number of amides is 6. The van der Waals surface area contributed by atoms with Gasteiger partial charge in [-0.15, -0.1) is 0 Å². The summed E-state index contributed by atoms with van der Waals surface area (Å²) in [4.78, 5) is 205. The zero-order chi connectivity index (χ0) is 69.3. The van der Waals surface area contributed by atoms with E-state index in [1.165, 1.54) is 65.6 Å². The van der Waals surface area contributed by atoms with E-state index in [2.05, 4.69) is 0 Å². The van der Waals surface area contributed by atoms with Crippen LogP contribution in [0.4, 0.5) is 0 Å². The van der Waals surface area contributed by atoms with E-state index in [1.807, 2.05) is 0 Å². The minimum absolute atomic E-state index is 0.154. The molecule has 9 aromatic rings. The van der Waals surface area contributed by atoms with Gasteiger partial charge < -0.3 is 0 Å². The number of aromatic nitrogens is 2. The van der Waals surface area contributed by atoms with Crippen LogP contribution in [0.1, 0.15) is 173 Å². The van der Waals surface area contributed by atoms with Crippen molar-refractivity contribution >= 4 is 124 Å². The summed E-state index contributed by atoms with van der Waals surface area (Å²) in [6.07, 6.45) is 0. The fourth-order valence-electron chi connectivity index (χ4n) is 12.0. The molecular formula is C70H64N8O16. The third-order valence-electron chi connectivity index (χ3n) is 16.3. The predicted molar refractivity (Wildman–Crippen MR) is 351 cm³/mol. The van der Waals surface area contributed by atoms with Crippen LogP contribution in [0.5, 0.6) is 0 Å². The molecule has 2 aromatic heterocycles. The number of fused-ring (bicyclic) bond motifs is 4. The third kappa shape index (κ3) is 11.6. The van der Waals surface area contributed by atoms with E-state index >= 15 is 0 Å². The fourth-order valence-corrected chi connectivity index (χ4v) is 12.0. The van der Waals surface area contributed by atoms with Gasteiger partial charge in [0.2, 0.25) is 0 Å². The molecule has 0 unspecified atom stereocenters. The maximum Gasteiger partial charge on any atom is 0.262 e. The number of hydrogen-bond donors (Lipinski definition) is 0. The van der Waals surface area contributed by atoms with Crippen LogP contribution in [0.15, 0.2) is 104 Å². The molecule has 6 amide bonds. The first-order valence-corrected chi connectivity index (χ1v) is 29.4. The van der Waals surface area contributed by atoms with Crippen molar-refractivity contribution in [2.45, 2.75) is 55.0 Å². The smallest absolute Gasteiger partial charge is 0.262 e. The normalized spacial score (nSPS) is 13.3. The summed E-state index contributed by atoms with van der Waals surface area (Å²) in [6, 6.07) is 21.6. The second-order valence-corrected chi connectivity index (χ2v) is 23.9. The van der Waals surface area contributed by atoms with E-state index in [1.54, 1.807) is 137 Å². The van der Waals surface area contributed by atoms with E-state index in [4.69, 9.17) is 0 Å². The summed E-state index contributed by atoms with van der Waals surface area (Å²) < 4.78 is 2.07. The van der Waals surface area contributed by atoms with Gasteiger partial charge in [0.25, 0.3) is 57.7 Å². The van der Waals surface area contributed by atoms with Crippen LogP contribution in [0, 0.1) is 0 Å². The topological polar surface area (TPSA) is 302 Å². The van der Waals surface area contributed by atoms with Crippen LogP contribution in [-0.4, -0.2) is 171 Å². The number of ketones is 6. The van der Waals surface area contributed by atoms with Gasteiger partial charge in [0.05, 0.1) is 52.7 Å². The average molecular weight is 1270 g/mol. The molecule has 480 valence electrons. The molecule has 0 N–H and O–H groups in total. The second-order valence-electron chi connectivity index (χ2n) is 23.9. The first kappa shape index (κ1) is 67.3. The van der Waals surface area contributed by atoms with Crippen molar-refractivity contribution in [2.24, 2.45) is 7.05 Å². The molecule has 0 spiro atoms. The van der Waals surface area contributed by atoms with E-state index < -0.39 is 45.9 Å². The summed E-state index contributed by atoms with van der Waals surface area (Å²) in [5.74, 6) is -3.72. The Morgan fingerprint density at radius 1 is 0.319 bits per heavy atom. The molecule has 3 aliphatic rings. The van der Waals surface area contributed by atoms with E-state index in [0.29, 0.717) is 99.1 Å². The molecule has 0 fully saturated rings. The molecular weight excluding hydrogens is 1210 g/mol. The SMILES string of the molecule is CC(=O)c1cc2cc3c(cc2cc1C(C)=O)C(=O)N(CN(C)C)C3=O.CC(=O)c1ccc2c3c(ccc(C(C)=O)c13)C(=O)N(CN(C)C)C2=O.CC(=O)c1ccc2c3c(ccc(C(C)=O)c13)C(=O)N(CN(C)C)C2=O.CCn1c(=O)c2cc3c(=O)n(C)c(=O)c3cc2c1=O. The van der Waals surface area contributed by atoms with Crippen LogP contribution in [0.2, 0.25) is 0 Å². The molecule has 3 aliphatic heterocycles. The monoisotopic (exact) mass is 1270 g/mol. The Hall–Kier alpha value is -11.1. The highest BCUT2D eigenvalue weighted by atomic mass is 16.2. The fraction of sp³-hybridized carbons (Fsp3) is 0.257. The number of hydrogen-bond acceptors (Lipinski definition) is 19. The number of Topliss-reactive ketones (excluding diaryl/α,β-unsaturated/α-hetero) is 6. The molecule has 5 heterocycles. The minimum atomic E-state index is -0.446. The Bertz CT molecular complexity index is 4750. The Morgan fingerprint density at radius 2 is 0.564 bits per heavy atom. The van der Waals surface area contributed by atoms with E-state index in [9.17, 15) is 76.7 Å². The zero-order valence-corrected chi connectivity index (χ0v) is 54.0. The predicted octanol–water partition coefficient (Wildman–Crippen LogP) is 6.55. The minimum Gasteiger partial charge on any atom is -0.294 e. The summed E-state index contributed by atoms with van der Waals surface area (Å²) in [5.41, 5.74) is 2.26. The van der Waals surface area contributed by atoms with Crippen LogP contribution < -0.4 is 22.2 Å². The molecule has 0 saturated heterocycles. The van der Waals surface area contributed by atoms with Gasteiger partial charge in [0.1, 0.15) is 0 Å². The standard InChI is InChI=1S/3C19H18N2O4.C13H10N2O4/c1-10(22)14-5-12-7-16-17(8-13(12)6-15(14)11(2)23)19(25)21(18(16)24)9-20(3)4;2*1-10(22)12-5-7-14-17-15(8-6-13(11(2)23)16(12)17)19(25)21(18(14)24)9-20(3)4;1-3-15-12(18)8-4-6-7(5-9(8)13(15)19)11(17)14(2)10(6)16/h3*5-8H,9H2,1-4H3;4-5H,3H2,1-2H3. The van der Waals surface area contributed by atoms with Crippen LogP contribution >= 0.6 is 0 Å². The number of carbonyl (C=O) groups is 12. The van der Waals surface area contributed by atoms with Crippen molar-refractivity contribution in [1.29, 1.82) is 0 Å². The lowest BCUT2D eigenvalue weighted by Gasteiger charge is -2.30. The maximum atomic E-state index is 12.8. The molecule has 0 atom stereocenters. The number of nitrogens with zero attached hydrogens (tertiary/aromatic N) is 8. The van der Waals surface area contributed by atoms with Gasteiger partial charge in [-0.2, -0.15) is 0 Å². The molecule has 24 nitrogen and oxygen atoms in total. The van der Waals surface area contributed by atoms with Crippen LogP contribution in [0.25, 0.3) is 53.9 Å². The van der Waals surface area contributed by atoms with E-state index in [-0.39, 0.29) is 94.6 Å². The van der Waals surface area contributed by atoms with Gasteiger partial charge in [-0.3, -0.25) is 115 Å². The molecule has 0 saturated carbocycles. The summed E-state index contributed by atoms with van der Waals surface area (Å²) in [6.45, 7) is 10.9. The molecule has 12 rings (SSSR count). The number of carbonyl (C=O) groups excluding carboxylic acids is 12. The van der Waals surface area contributed by atoms with Gasteiger partial charge in [-0.1, -0.05) is 0 Å². The third-order valence-corrected chi connectivity index (χ3v) is 16.3. The van der Waals surface area contributed by atoms with Gasteiger partial charge in [-0.05, 0) is 186 Å². The Balaban J connectivity index is 0.000000148. The lowest BCUT2D eigenvalue weighted by molar-refractivity contribution is 0.0524. The van der Waals surface area contributed by atoms with Crippen molar-refractivity contribution in [2.75, 3.05) is 62.3 Å². The van der Waals surface area contributed by atoms with Crippen molar-refractivity contribution in [3.8, 4) is 0 Å². The van der Waals surface area contributed by atoms with Crippen molar-refractivity contribution in [1.82, 2.24) is 38.5 Å². The highest BCUT2D eigenvalue weighted by Crippen LogP contribution is 2.38. The Kier molecular flexibility index (Phi) is 18.3. The number of rotatable bonds is 13. The van der Waals surface area contributed by atoms with E-state index in [0.717, 1.165) is 18.9 Å². The van der Waals surface area contributed by atoms with Crippen molar-refractivity contribution < 1.29 is 57.5 Å². The summed E-state index contributed by atoms with van der Waals surface area (Å²) in [7, 11) is 12.0. The van der Waals surface area contributed by atoms with Gasteiger partial charge in [0.15, 0.2) is 34.7 Å². The highest BCUT2D eigenvalue weighted by Gasteiger charge is 2.39. The molecule has 24 heteroatoms. The van der Waals surface area contributed by atoms with Gasteiger partial charge in [-0.25, -0.2) is 0 Å². The molecule has 0 bridgehead atoms. The summed E-state index contributed by atoms with van der Waals surface area (Å²) >= 11 is 0. The lowest BCUT2D eigenvalue weighted by Crippen LogP contribution is -2.45. The van der Waals surface area contributed by atoms with Crippen LogP contribution in [0.3, 0.4) is 0 Å². The maximum absolute atomic E-state index is 12.8. The Labute approximate surface area is 535 Å². The van der Waals surface area contributed by atoms with Gasteiger partial charge in [0, 0.05) is 90.8 Å². The van der Waals surface area contributed by atoms with Gasteiger partial charge >= 0.3 is 0 Å². The molecule has 7 aromatic carbocycles. The van der Waals surface area contributed by atoms with Crippen molar-refractivity contribution in [3.63, 3.8) is 0 Å². The Morgan fingerprint density at radius 3 is 0.798 bits per heavy atom. The zero-order valence-electron chi connectivity index (χ0n) is 54.0. The second kappa shape index (κ2) is 25.5. The first-order chi connectivity index (χ1) is 44.1. The summed E-state index contributed by atoms with van der Waals surface area (Å²) in [5, 5.41) is 3.64.